The Morgan fingerprint density at radius 3 is 2.33 bits per heavy atom. The lowest BCUT2D eigenvalue weighted by atomic mass is 10.1. The van der Waals surface area contributed by atoms with E-state index < -0.39 is 0 Å². The molecule has 0 saturated heterocycles. The molecule has 0 aliphatic carbocycles. The van der Waals surface area contributed by atoms with Gasteiger partial charge in [-0.15, -0.1) is 12.4 Å². The van der Waals surface area contributed by atoms with E-state index in [9.17, 15) is 0 Å². The fourth-order valence-corrected chi connectivity index (χ4v) is 0.991. The molecule has 1 aromatic rings. The summed E-state index contributed by atoms with van der Waals surface area (Å²) in [5.41, 5.74) is 8.81. The minimum Gasteiger partial charge on any atom is -0.495 e. The van der Waals surface area contributed by atoms with Gasteiger partial charge in [0.15, 0.2) is 0 Å². The van der Waals surface area contributed by atoms with Crippen molar-refractivity contribution in [1.82, 2.24) is 0 Å². The molecular formula is C9H14ClNO. The molecule has 0 aliphatic rings. The van der Waals surface area contributed by atoms with E-state index in [-0.39, 0.29) is 12.4 Å². The standard InChI is InChI=1S/C9H13NO.ClH/c1-6-4-5-8(11-3)9(10)7(6)2;/h4-5H,10H2,1-3H3;1H. The average Bonchev–Trinajstić information content (AvgIpc) is 2.01. The van der Waals surface area contributed by atoms with Crippen molar-refractivity contribution in [2.45, 2.75) is 13.8 Å². The van der Waals surface area contributed by atoms with Gasteiger partial charge in [-0.25, -0.2) is 0 Å². The lowest BCUT2D eigenvalue weighted by Crippen LogP contribution is -1.96. The number of ether oxygens (including phenoxy) is 1. The molecule has 0 aromatic heterocycles. The number of methoxy groups -OCH3 is 1. The summed E-state index contributed by atoms with van der Waals surface area (Å²) < 4.78 is 5.06. The number of nitrogen functional groups attached to an aromatic ring is 1. The van der Waals surface area contributed by atoms with Crippen molar-refractivity contribution >= 4 is 18.1 Å². The Morgan fingerprint density at radius 2 is 1.83 bits per heavy atom. The van der Waals surface area contributed by atoms with Crippen LogP contribution in [0.15, 0.2) is 12.1 Å². The monoisotopic (exact) mass is 187 g/mol. The Morgan fingerprint density at radius 1 is 1.25 bits per heavy atom. The Hall–Kier alpha value is -0.890. The summed E-state index contributed by atoms with van der Waals surface area (Å²) in [6.07, 6.45) is 0. The zero-order valence-electron chi connectivity index (χ0n) is 7.55. The third kappa shape index (κ3) is 1.83. The van der Waals surface area contributed by atoms with E-state index in [1.807, 2.05) is 26.0 Å². The van der Waals surface area contributed by atoms with Gasteiger partial charge in [0.05, 0.1) is 12.8 Å². The first kappa shape index (κ1) is 11.1. The van der Waals surface area contributed by atoms with Gasteiger partial charge in [0.2, 0.25) is 0 Å². The summed E-state index contributed by atoms with van der Waals surface area (Å²) in [7, 11) is 1.63. The molecule has 68 valence electrons. The van der Waals surface area contributed by atoms with Crippen molar-refractivity contribution in [3.05, 3.63) is 23.3 Å². The summed E-state index contributed by atoms with van der Waals surface area (Å²) in [5, 5.41) is 0. The van der Waals surface area contributed by atoms with E-state index in [0.29, 0.717) is 0 Å². The number of hydrogen-bond donors (Lipinski definition) is 1. The average molecular weight is 188 g/mol. The van der Waals surface area contributed by atoms with E-state index in [0.717, 1.165) is 17.0 Å². The topological polar surface area (TPSA) is 35.2 Å². The van der Waals surface area contributed by atoms with Crippen molar-refractivity contribution in [1.29, 1.82) is 0 Å². The normalized spacial score (nSPS) is 8.92. The van der Waals surface area contributed by atoms with Crippen LogP contribution < -0.4 is 10.5 Å². The number of nitrogens with two attached hydrogens (primary N) is 1. The van der Waals surface area contributed by atoms with Crippen LogP contribution in [-0.2, 0) is 0 Å². The van der Waals surface area contributed by atoms with Gasteiger partial charge in [0, 0.05) is 0 Å². The molecule has 12 heavy (non-hydrogen) atoms. The number of rotatable bonds is 1. The molecule has 2 nitrogen and oxygen atoms in total. The van der Waals surface area contributed by atoms with E-state index in [2.05, 4.69) is 0 Å². The fraction of sp³-hybridized carbons (Fsp3) is 0.333. The van der Waals surface area contributed by atoms with E-state index in [1.165, 1.54) is 5.56 Å². The van der Waals surface area contributed by atoms with Gasteiger partial charge in [-0.2, -0.15) is 0 Å². The highest BCUT2D eigenvalue weighted by Crippen LogP contribution is 2.26. The van der Waals surface area contributed by atoms with Gasteiger partial charge in [-0.3, -0.25) is 0 Å². The Kier molecular flexibility index (Phi) is 3.90. The Balaban J connectivity index is 0.00000121. The SMILES string of the molecule is COc1ccc(C)c(C)c1N.Cl. The quantitative estimate of drug-likeness (QED) is 0.685. The van der Waals surface area contributed by atoms with Crippen LogP contribution in [0.3, 0.4) is 0 Å². The summed E-state index contributed by atoms with van der Waals surface area (Å²) in [6.45, 7) is 4.03. The van der Waals surface area contributed by atoms with Crippen molar-refractivity contribution in [2.24, 2.45) is 0 Å². The van der Waals surface area contributed by atoms with Crippen LogP contribution in [-0.4, -0.2) is 7.11 Å². The zero-order chi connectivity index (χ0) is 8.43. The molecule has 0 spiro atoms. The highest BCUT2D eigenvalue weighted by atomic mass is 35.5. The molecule has 0 amide bonds. The molecule has 0 radical (unpaired) electrons. The maximum absolute atomic E-state index is 5.77. The molecular weight excluding hydrogens is 174 g/mol. The van der Waals surface area contributed by atoms with Crippen molar-refractivity contribution < 1.29 is 4.74 Å². The summed E-state index contributed by atoms with van der Waals surface area (Å²) in [4.78, 5) is 0. The number of hydrogen-bond acceptors (Lipinski definition) is 2. The minimum atomic E-state index is 0. The highest BCUT2D eigenvalue weighted by Gasteiger charge is 2.02. The van der Waals surface area contributed by atoms with Crippen LogP contribution in [0, 0.1) is 13.8 Å². The zero-order valence-corrected chi connectivity index (χ0v) is 8.37. The van der Waals surface area contributed by atoms with Crippen molar-refractivity contribution in [3.8, 4) is 5.75 Å². The van der Waals surface area contributed by atoms with Crippen LogP contribution in [0.4, 0.5) is 5.69 Å². The lowest BCUT2D eigenvalue weighted by Gasteiger charge is -2.08. The van der Waals surface area contributed by atoms with E-state index in [4.69, 9.17) is 10.5 Å². The second-order valence-electron chi connectivity index (χ2n) is 2.62. The van der Waals surface area contributed by atoms with E-state index >= 15 is 0 Å². The first-order valence-corrected chi connectivity index (χ1v) is 3.56. The van der Waals surface area contributed by atoms with Crippen molar-refractivity contribution in [3.63, 3.8) is 0 Å². The second-order valence-corrected chi connectivity index (χ2v) is 2.62. The number of halogens is 1. The van der Waals surface area contributed by atoms with Crippen LogP contribution in [0.2, 0.25) is 0 Å². The van der Waals surface area contributed by atoms with Gasteiger partial charge in [-0.05, 0) is 31.0 Å². The third-order valence-corrected chi connectivity index (χ3v) is 1.97. The number of anilines is 1. The van der Waals surface area contributed by atoms with Gasteiger partial charge >= 0.3 is 0 Å². The van der Waals surface area contributed by atoms with Gasteiger partial charge in [-0.1, -0.05) is 6.07 Å². The summed E-state index contributed by atoms with van der Waals surface area (Å²) >= 11 is 0. The van der Waals surface area contributed by atoms with Crippen LogP contribution >= 0.6 is 12.4 Å². The van der Waals surface area contributed by atoms with Gasteiger partial charge < -0.3 is 10.5 Å². The Bertz CT molecular complexity index is 273. The van der Waals surface area contributed by atoms with Crippen LogP contribution in [0.5, 0.6) is 5.75 Å². The van der Waals surface area contributed by atoms with E-state index in [1.54, 1.807) is 7.11 Å². The van der Waals surface area contributed by atoms with Gasteiger partial charge in [0.25, 0.3) is 0 Å². The molecule has 0 heterocycles. The molecule has 0 saturated carbocycles. The lowest BCUT2D eigenvalue weighted by molar-refractivity contribution is 0.416. The molecule has 0 unspecified atom stereocenters. The predicted molar refractivity (Wildman–Crippen MR) is 54.1 cm³/mol. The van der Waals surface area contributed by atoms with Crippen molar-refractivity contribution in [2.75, 3.05) is 12.8 Å². The second kappa shape index (κ2) is 4.21. The van der Waals surface area contributed by atoms with Crippen LogP contribution in [0.25, 0.3) is 0 Å². The summed E-state index contributed by atoms with van der Waals surface area (Å²) in [6, 6.07) is 3.89. The minimum absolute atomic E-state index is 0. The third-order valence-electron chi connectivity index (χ3n) is 1.97. The molecule has 0 aliphatic heterocycles. The molecule has 2 N–H and O–H groups in total. The fourth-order valence-electron chi connectivity index (χ4n) is 0.991. The largest absolute Gasteiger partial charge is 0.495 e. The molecule has 1 aromatic carbocycles. The molecule has 1 rings (SSSR count). The Labute approximate surface area is 79.1 Å². The first-order valence-electron chi connectivity index (χ1n) is 3.56. The molecule has 0 atom stereocenters. The predicted octanol–water partition coefficient (Wildman–Crippen LogP) is 2.32. The molecule has 0 bridgehead atoms. The summed E-state index contributed by atoms with van der Waals surface area (Å²) in [5.74, 6) is 0.758. The maximum atomic E-state index is 5.77. The van der Waals surface area contributed by atoms with Crippen LogP contribution in [0.1, 0.15) is 11.1 Å². The first-order chi connectivity index (χ1) is 5.16. The molecule has 3 heteroatoms. The maximum Gasteiger partial charge on any atom is 0.142 e. The number of benzene rings is 1. The smallest absolute Gasteiger partial charge is 0.142 e. The van der Waals surface area contributed by atoms with Gasteiger partial charge in [0.1, 0.15) is 5.75 Å². The molecule has 0 fully saturated rings. The number of aryl methyl sites for hydroxylation is 1. The highest BCUT2D eigenvalue weighted by molar-refractivity contribution is 5.85.